The number of benzene rings is 2. The molecule has 0 aliphatic carbocycles. The Morgan fingerprint density at radius 2 is 1.76 bits per heavy atom. The van der Waals surface area contributed by atoms with Crippen LogP contribution in [0.3, 0.4) is 0 Å². The fourth-order valence-corrected chi connectivity index (χ4v) is 4.78. The number of piperidine rings is 1. The summed E-state index contributed by atoms with van der Waals surface area (Å²) in [6.07, 6.45) is 5.85. The van der Waals surface area contributed by atoms with Gasteiger partial charge in [-0.15, -0.1) is 0 Å². The first kappa shape index (κ1) is 22.5. The van der Waals surface area contributed by atoms with Crippen LogP contribution in [0.2, 0.25) is 0 Å². The molecule has 1 aliphatic rings. The molecular weight excluding hydrogens is 422 g/mol. The largest absolute Gasteiger partial charge is 0.368 e. The van der Waals surface area contributed by atoms with Crippen molar-refractivity contribution in [3.63, 3.8) is 0 Å². The van der Waals surface area contributed by atoms with E-state index in [-0.39, 0.29) is 11.5 Å². The van der Waals surface area contributed by atoms with Gasteiger partial charge in [-0.2, -0.15) is 0 Å². The van der Waals surface area contributed by atoms with Gasteiger partial charge in [-0.05, 0) is 70.0 Å². The molecule has 0 unspecified atom stereocenters. The van der Waals surface area contributed by atoms with E-state index in [0.717, 1.165) is 47.6 Å². The third kappa shape index (κ3) is 4.54. The smallest absolute Gasteiger partial charge is 0.219 e. The van der Waals surface area contributed by atoms with Gasteiger partial charge in [0.15, 0.2) is 0 Å². The van der Waals surface area contributed by atoms with E-state index in [1.54, 1.807) is 12.4 Å². The van der Waals surface area contributed by atoms with Crippen molar-refractivity contribution in [2.24, 2.45) is 0 Å². The van der Waals surface area contributed by atoms with Crippen molar-refractivity contribution >= 4 is 17.0 Å². The molecule has 4 N–H and O–H groups in total. The number of imidazole rings is 1. The van der Waals surface area contributed by atoms with Gasteiger partial charge in [0.05, 0.1) is 11.0 Å². The molecule has 3 heterocycles. The van der Waals surface area contributed by atoms with Crippen LogP contribution >= 0.6 is 0 Å². The number of rotatable bonds is 5. The van der Waals surface area contributed by atoms with Gasteiger partial charge in [-0.3, -0.25) is 0 Å². The van der Waals surface area contributed by atoms with Crippen LogP contribution < -0.4 is 16.4 Å². The third-order valence-corrected chi connectivity index (χ3v) is 6.51. The monoisotopic (exact) mass is 455 g/mol. The Labute approximate surface area is 200 Å². The molecular formula is C27H33N7. The zero-order valence-electron chi connectivity index (χ0n) is 20.2. The highest BCUT2D eigenvalue weighted by molar-refractivity contribution is 5.86. The molecule has 1 fully saturated rings. The Hall–Kier alpha value is -3.29. The third-order valence-electron chi connectivity index (χ3n) is 6.51. The Bertz CT molecular complexity index is 1280. The van der Waals surface area contributed by atoms with Crippen molar-refractivity contribution < 1.29 is 0 Å². The van der Waals surface area contributed by atoms with Crippen molar-refractivity contribution in [2.75, 3.05) is 18.8 Å². The average Bonchev–Trinajstić information content (AvgIpc) is 3.23. The second-order valence-corrected chi connectivity index (χ2v) is 10.0. The number of nitrogens with zero attached hydrogens (tertiary/aromatic N) is 4. The SMILES string of the molecule is CC(C)(C)n1c(-c2ccccc2CNC2CCNCC2)nc2cc(-c3cnc(N)nc3)ccc21. The second kappa shape index (κ2) is 9.16. The van der Waals surface area contributed by atoms with Crippen molar-refractivity contribution in [1.82, 2.24) is 30.2 Å². The molecule has 7 heteroatoms. The highest BCUT2D eigenvalue weighted by atomic mass is 15.1. The summed E-state index contributed by atoms with van der Waals surface area (Å²) in [6.45, 7) is 9.70. The molecule has 34 heavy (non-hydrogen) atoms. The maximum atomic E-state index is 5.67. The number of hydrogen-bond acceptors (Lipinski definition) is 6. The first-order chi connectivity index (χ1) is 16.4. The Morgan fingerprint density at radius 3 is 2.50 bits per heavy atom. The van der Waals surface area contributed by atoms with Crippen molar-refractivity contribution in [1.29, 1.82) is 0 Å². The standard InChI is InChI=1S/C27H33N7/c1-27(2,3)34-24-9-8-18(20-16-31-26(28)32-17-20)14-23(24)33-25(34)22-7-5-4-6-19(22)15-30-21-10-12-29-13-11-21/h4-9,14,16-17,21,29-30H,10-13,15H2,1-3H3,(H2,28,31,32). The van der Waals surface area contributed by atoms with Crippen LogP contribution in [0.15, 0.2) is 54.9 Å². The highest BCUT2D eigenvalue weighted by Gasteiger charge is 2.24. The minimum absolute atomic E-state index is 0.133. The zero-order valence-corrected chi connectivity index (χ0v) is 20.2. The number of hydrogen-bond donors (Lipinski definition) is 3. The first-order valence-corrected chi connectivity index (χ1v) is 12.0. The Balaban J connectivity index is 1.57. The number of nitrogen functional groups attached to an aromatic ring is 1. The van der Waals surface area contributed by atoms with E-state index in [9.17, 15) is 0 Å². The fourth-order valence-electron chi connectivity index (χ4n) is 4.78. The summed E-state index contributed by atoms with van der Waals surface area (Å²) >= 11 is 0. The van der Waals surface area contributed by atoms with Gasteiger partial charge in [-0.25, -0.2) is 15.0 Å². The van der Waals surface area contributed by atoms with E-state index >= 15 is 0 Å². The molecule has 1 aliphatic heterocycles. The van der Waals surface area contributed by atoms with Crippen molar-refractivity contribution in [3.8, 4) is 22.5 Å². The molecule has 0 bridgehead atoms. The molecule has 4 aromatic rings. The first-order valence-electron chi connectivity index (χ1n) is 12.0. The minimum Gasteiger partial charge on any atom is -0.368 e. The molecule has 2 aromatic carbocycles. The predicted octanol–water partition coefficient (Wildman–Crippen LogP) is 4.34. The van der Waals surface area contributed by atoms with E-state index < -0.39 is 0 Å². The van der Waals surface area contributed by atoms with Gasteiger partial charge < -0.3 is 20.9 Å². The molecule has 2 aromatic heterocycles. The second-order valence-electron chi connectivity index (χ2n) is 10.0. The topological polar surface area (TPSA) is 93.7 Å². The zero-order chi connectivity index (χ0) is 23.7. The fraction of sp³-hybridized carbons (Fsp3) is 0.370. The lowest BCUT2D eigenvalue weighted by molar-refractivity contribution is 0.386. The predicted molar refractivity (Wildman–Crippen MR) is 138 cm³/mol. The summed E-state index contributed by atoms with van der Waals surface area (Å²) in [6, 6.07) is 15.6. The highest BCUT2D eigenvalue weighted by Crippen LogP contribution is 2.34. The summed E-state index contributed by atoms with van der Waals surface area (Å²) in [5.74, 6) is 1.27. The average molecular weight is 456 g/mol. The Morgan fingerprint density at radius 1 is 1.03 bits per heavy atom. The van der Waals surface area contributed by atoms with Crippen LogP contribution in [0.5, 0.6) is 0 Å². The normalized spacial score (nSPS) is 15.1. The summed E-state index contributed by atoms with van der Waals surface area (Å²) in [5, 5.41) is 7.21. The molecule has 0 spiro atoms. The maximum Gasteiger partial charge on any atom is 0.219 e. The molecule has 176 valence electrons. The van der Waals surface area contributed by atoms with E-state index in [1.807, 2.05) is 0 Å². The van der Waals surface area contributed by atoms with Gasteiger partial charge >= 0.3 is 0 Å². The van der Waals surface area contributed by atoms with Gasteiger partial charge in [-0.1, -0.05) is 30.3 Å². The van der Waals surface area contributed by atoms with Crippen LogP contribution in [0.1, 0.15) is 39.2 Å². The van der Waals surface area contributed by atoms with Crippen LogP contribution in [0, 0.1) is 0 Å². The lowest BCUT2D eigenvalue weighted by Crippen LogP contribution is -2.39. The molecule has 1 saturated heterocycles. The summed E-state index contributed by atoms with van der Waals surface area (Å²) in [5.41, 5.74) is 12.0. The molecule has 0 radical (unpaired) electrons. The number of nitrogens with one attached hydrogen (secondary N) is 2. The summed E-state index contributed by atoms with van der Waals surface area (Å²) in [7, 11) is 0. The quantitative estimate of drug-likeness (QED) is 0.415. The van der Waals surface area contributed by atoms with Gasteiger partial charge in [0.25, 0.3) is 0 Å². The van der Waals surface area contributed by atoms with E-state index in [2.05, 4.69) is 88.4 Å². The molecule has 0 amide bonds. The number of aromatic nitrogens is 4. The summed E-state index contributed by atoms with van der Waals surface area (Å²) < 4.78 is 2.36. The maximum absolute atomic E-state index is 5.67. The van der Waals surface area contributed by atoms with Crippen molar-refractivity contribution in [3.05, 3.63) is 60.4 Å². The lowest BCUT2D eigenvalue weighted by atomic mass is 10.0. The van der Waals surface area contributed by atoms with Gasteiger partial charge in [0.1, 0.15) is 5.82 Å². The lowest BCUT2D eigenvalue weighted by Gasteiger charge is -2.26. The van der Waals surface area contributed by atoms with E-state index in [1.165, 1.54) is 24.0 Å². The molecule has 7 nitrogen and oxygen atoms in total. The van der Waals surface area contributed by atoms with Crippen LogP contribution in [-0.4, -0.2) is 38.7 Å². The minimum atomic E-state index is -0.133. The van der Waals surface area contributed by atoms with Crippen LogP contribution in [0.25, 0.3) is 33.5 Å². The number of nitrogens with two attached hydrogens (primary N) is 1. The Kier molecular flexibility index (Phi) is 6.06. The molecule has 0 saturated carbocycles. The van der Waals surface area contributed by atoms with Gasteiger partial charge in [0, 0.05) is 41.6 Å². The molecule has 0 atom stereocenters. The number of anilines is 1. The summed E-state index contributed by atoms with van der Waals surface area (Å²) in [4.78, 5) is 13.5. The number of fused-ring (bicyclic) bond motifs is 1. The van der Waals surface area contributed by atoms with Crippen molar-refractivity contribution in [2.45, 2.75) is 51.7 Å². The molecule has 5 rings (SSSR count). The van der Waals surface area contributed by atoms with Gasteiger partial charge in [0.2, 0.25) is 5.95 Å². The van der Waals surface area contributed by atoms with E-state index in [0.29, 0.717) is 6.04 Å². The van der Waals surface area contributed by atoms with Crippen LogP contribution in [0.4, 0.5) is 5.95 Å². The van der Waals surface area contributed by atoms with E-state index in [4.69, 9.17) is 10.7 Å². The van der Waals surface area contributed by atoms with Crippen LogP contribution in [-0.2, 0) is 12.1 Å².